The van der Waals surface area contributed by atoms with Crippen molar-refractivity contribution in [3.63, 3.8) is 0 Å². The van der Waals surface area contributed by atoms with Gasteiger partial charge >= 0.3 is 0 Å². The van der Waals surface area contributed by atoms with Gasteiger partial charge in [-0.2, -0.15) is 0 Å². The lowest BCUT2D eigenvalue weighted by Gasteiger charge is -2.06. The van der Waals surface area contributed by atoms with Gasteiger partial charge in [0, 0.05) is 22.6 Å². The number of hydrogen-bond acceptors (Lipinski definition) is 4. The normalized spacial score (nSPS) is 10.3. The highest BCUT2D eigenvalue weighted by molar-refractivity contribution is 9.10. The van der Waals surface area contributed by atoms with Crippen LogP contribution in [-0.4, -0.2) is 17.9 Å². The maximum Gasteiger partial charge on any atom is 0.253 e. The SMILES string of the molecule is CNc1ncc(C(=O)NCc2sccc2Br)cc1Cl. The molecule has 0 atom stereocenters. The molecule has 0 aliphatic heterocycles. The molecule has 2 aromatic rings. The van der Waals surface area contributed by atoms with Gasteiger partial charge in [0.2, 0.25) is 0 Å². The number of nitrogens with zero attached hydrogens (tertiary/aromatic N) is 1. The van der Waals surface area contributed by atoms with Gasteiger partial charge < -0.3 is 10.6 Å². The molecule has 2 aromatic heterocycles. The van der Waals surface area contributed by atoms with E-state index in [1.54, 1.807) is 24.5 Å². The summed E-state index contributed by atoms with van der Waals surface area (Å²) >= 11 is 11.0. The van der Waals surface area contributed by atoms with Crippen LogP contribution >= 0.6 is 38.9 Å². The minimum absolute atomic E-state index is 0.197. The number of thiophene rings is 1. The van der Waals surface area contributed by atoms with Gasteiger partial charge in [-0.25, -0.2) is 4.98 Å². The zero-order chi connectivity index (χ0) is 13.8. The van der Waals surface area contributed by atoms with Crippen LogP contribution in [0.4, 0.5) is 5.82 Å². The Morgan fingerprint density at radius 3 is 2.95 bits per heavy atom. The molecule has 2 N–H and O–H groups in total. The highest BCUT2D eigenvalue weighted by atomic mass is 79.9. The van der Waals surface area contributed by atoms with E-state index in [2.05, 4.69) is 31.5 Å². The second-order valence-electron chi connectivity index (χ2n) is 3.68. The quantitative estimate of drug-likeness (QED) is 0.877. The molecule has 0 aliphatic rings. The zero-order valence-corrected chi connectivity index (χ0v) is 13.2. The summed E-state index contributed by atoms with van der Waals surface area (Å²) < 4.78 is 1.000. The lowest BCUT2D eigenvalue weighted by Crippen LogP contribution is -2.22. The number of amides is 1. The number of hydrogen-bond donors (Lipinski definition) is 2. The molecule has 0 saturated carbocycles. The lowest BCUT2D eigenvalue weighted by atomic mass is 10.2. The van der Waals surface area contributed by atoms with Crippen molar-refractivity contribution >= 4 is 50.6 Å². The van der Waals surface area contributed by atoms with Gasteiger partial charge in [0.1, 0.15) is 5.82 Å². The summed E-state index contributed by atoms with van der Waals surface area (Å²) in [5.74, 6) is 0.358. The summed E-state index contributed by atoms with van der Waals surface area (Å²) in [6, 6.07) is 3.55. The summed E-state index contributed by atoms with van der Waals surface area (Å²) in [7, 11) is 1.72. The Balaban J connectivity index is 2.04. The molecular formula is C12H11BrClN3OS. The average molecular weight is 361 g/mol. The van der Waals surface area contributed by atoms with Gasteiger partial charge in [-0.05, 0) is 33.4 Å². The third-order valence-electron chi connectivity index (χ3n) is 2.44. The first-order chi connectivity index (χ1) is 9.11. The summed E-state index contributed by atoms with van der Waals surface area (Å²) in [4.78, 5) is 17.1. The molecule has 2 heterocycles. The Morgan fingerprint density at radius 1 is 1.58 bits per heavy atom. The molecule has 0 aromatic carbocycles. The predicted molar refractivity (Wildman–Crippen MR) is 82.0 cm³/mol. The number of aromatic nitrogens is 1. The molecule has 4 nitrogen and oxygen atoms in total. The standard InChI is InChI=1S/C12H11BrClN3OS/c1-15-11-9(14)4-7(5-16-11)12(18)17-6-10-8(13)2-3-19-10/h2-5H,6H2,1H3,(H,15,16)(H,17,18). The van der Waals surface area contributed by atoms with Crippen LogP contribution in [0.1, 0.15) is 15.2 Å². The van der Waals surface area contributed by atoms with Gasteiger partial charge in [0.15, 0.2) is 0 Å². The third-order valence-corrected chi connectivity index (χ3v) is 4.66. The van der Waals surface area contributed by atoms with Gasteiger partial charge in [-0.1, -0.05) is 11.6 Å². The van der Waals surface area contributed by atoms with Crippen LogP contribution in [0.3, 0.4) is 0 Å². The second-order valence-corrected chi connectivity index (χ2v) is 5.94. The lowest BCUT2D eigenvalue weighted by molar-refractivity contribution is 0.0951. The minimum atomic E-state index is -0.197. The van der Waals surface area contributed by atoms with Crippen molar-refractivity contribution in [1.29, 1.82) is 0 Å². The number of nitrogens with one attached hydrogen (secondary N) is 2. The Morgan fingerprint density at radius 2 is 2.37 bits per heavy atom. The number of anilines is 1. The molecule has 2 rings (SSSR count). The fourth-order valence-electron chi connectivity index (χ4n) is 1.46. The highest BCUT2D eigenvalue weighted by Gasteiger charge is 2.10. The Kier molecular flexibility index (Phi) is 4.79. The van der Waals surface area contributed by atoms with Crippen molar-refractivity contribution in [3.05, 3.63) is 43.6 Å². The highest BCUT2D eigenvalue weighted by Crippen LogP contribution is 2.23. The van der Waals surface area contributed by atoms with Crippen molar-refractivity contribution < 1.29 is 4.79 Å². The van der Waals surface area contributed by atoms with E-state index in [1.807, 2.05) is 11.4 Å². The van der Waals surface area contributed by atoms with Crippen molar-refractivity contribution in [2.24, 2.45) is 0 Å². The third kappa shape index (κ3) is 3.46. The van der Waals surface area contributed by atoms with Gasteiger partial charge in [-0.3, -0.25) is 4.79 Å². The van der Waals surface area contributed by atoms with E-state index in [4.69, 9.17) is 11.6 Å². The second kappa shape index (κ2) is 6.36. The van der Waals surface area contributed by atoms with Crippen LogP contribution in [0.2, 0.25) is 5.02 Å². The summed E-state index contributed by atoms with van der Waals surface area (Å²) in [6.07, 6.45) is 1.50. The van der Waals surface area contributed by atoms with E-state index in [9.17, 15) is 4.79 Å². The molecule has 100 valence electrons. The minimum Gasteiger partial charge on any atom is -0.372 e. The van der Waals surface area contributed by atoms with Crippen LogP contribution < -0.4 is 10.6 Å². The van der Waals surface area contributed by atoms with E-state index < -0.39 is 0 Å². The number of carbonyl (C=O) groups is 1. The van der Waals surface area contributed by atoms with Crippen molar-refractivity contribution in [2.45, 2.75) is 6.54 Å². The molecule has 0 saturated heterocycles. The van der Waals surface area contributed by atoms with Gasteiger partial charge in [0.25, 0.3) is 5.91 Å². The van der Waals surface area contributed by atoms with Crippen molar-refractivity contribution in [1.82, 2.24) is 10.3 Å². The molecule has 0 bridgehead atoms. The number of halogens is 2. The van der Waals surface area contributed by atoms with Crippen molar-refractivity contribution in [2.75, 3.05) is 12.4 Å². The fraction of sp³-hybridized carbons (Fsp3) is 0.167. The molecule has 7 heteroatoms. The number of carbonyl (C=O) groups excluding carboxylic acids is 1. The molecule has 1 amide bonds. The Bertz CT molecular complexity index is 602. The molecule has 0 spiro atoms. The average Bonchev–Trinajstić information content (AvgIpc) is 2.81. The summed E-state index contributed by atoms with van der Waals surface area (Å²) in [6.45, 7) is 0.475. The van der Waals surface area contributed by atoms with Crippen molar-refractivity contribution in [3.8, 4) is 0 Å². The summed E-state index contributed by atoms with van der Waals surface area (Å²) in [5, 5.41) is 8.06. The van der Waals surface area contributed by atoms with Crippen LogP contribution in [0.25, 0.3) is 0 Å². The maximum absolute atomic E-state index is 12.0. The van der Waals surface area contributed by atoms with Crippen LogP contribution in [-0.2, 0) is 6.54 Å². The van der Waals surface area contributed by atoms with E-state index >= 15 is 0 Å². The first kappa shape index (κ1) is 14.3. The predicted octanol–water partition coefficient (Wildman–Crippen LogP) is 3.53. The molecular weight excluding hydrogens is 350 g/mol. The van der Waals surface area contributed by atoms with Gasteiger partial charge in [0.05, 0.1) is 17.1 Å². The first-order valence-corrected chi connectivity index (χ1v) is 7.50. The zero-order valence-electron chi connectivity index (χ0n) is 10.0. The number of rotatable bonds is 4. The molecule has 0 unspecified atom stereocenters. The van der Waals surface area contributed by atoms with E-state index in [0.29, 0.717) is 22.9 Å². The molecule has 0 aliphatic carbocycles. The molecule has 0 radical (unpaired) electrons. The van der Waals surface area contributed by atoms with E-state index in [0.717, 1.165) is 9.35 Å². The first-order valence-electron chi connectivity index (χ1n) is 5.45. The summed E-state index contributed by atoms with van der Waals surface area (Å²) in [5.41, 5.74) is 0.441. The topological polar surface area (TPSA) is 54.0 Å². The monoisotopic (exact) mass is 359 g/mol. The van der Waals surface area contributed by atoms with Crippen LogP contribution in [0, 0.1) is 0 Å². The smallest absolute Gasteiger partial charge is 0.253 e. The largest absolute Gasteiger partial charge is 0.372 e. The Labute approximate surface area is 128 Å². The molecule has 0 fully saturated rings. The maximum atomic E-state index is 12.0. The number of pyridine rings is 1. The van der Waals surface area contributed by atoms with Gasteiger partial charge in [-0.15, -0.1) is 11.3 Å². The fourth-order valence-corrected chi connectivity index (χ4v) is 3.15. The molecule has 19 heavy (non-hydrogen) atoms. The van der Waals surface area contributed by atoms with E-state index in [-0.39, 0.29) is 5.91 Å². The van der Waals surface area contributed by atoms with E-state index in [1.165, 1.54) is 6.20 Å². The Hall–Kier alpha value is -1.11. The van der Waals surface area contributed by atoms with Crippen LogP contribution in [0.15, 0.2) is 28.2 Å². The van der Waals surface area contributed by atoms with Crippen LogP contribution in [0.5, 0.6) is 0 Å².